The van der Waals surface area contributed by atoms with Crippen molar-refractivity contribution in [3.63, 3.8) is 0 Å². The second-order valence-corrected chi connectivity index (χ2v) is 7.59. The van der Waals surface area contributed by atoms with E-state index in [0.717, 1.165) is 25.7 Å². The fourth-order valence-corrected chi connectivity index (χ4v) is 4.74. The molecule has 18 heavy (non-hydrogen) atoms. The Hall–Kier alpha value is -0.120. The summed E-state index contributed by atoms with van der Waals surface area (Å²) in [6.45, 7) is 6.88. The molecule has 2 aliphatic carbocycles. The quantitative estimate of drug-likeness (QED) is 0.703. The van der Waals surface area contributed by atoms with Crippen LogP contribution in [0.2, 0.25) is 0 Å². The molecule has 1 aliphatic heterocycles. The van der Waals surface area contributed by atoms with Crippen LogP contribution in [-0.2, 0) is 4.74 Å². The van der Waals surface area contributed by atoms with E-state index < -0.39 is 0 Å². The van der Waals surface area contributed by atoms with E-state index in [-0.39, 0.29) is 23.7 Å². The third-order valence-electron chi connectivity index (χ3n) is 5.83. The smallest absolute Gasteiger partial charge is 0.0945 e. The fourth-order valence-electron chi connectivity index (χ4n) is 4.74. The van der Waals surface area contributed by atoms with Gasteiger partial charge in [0.2, 0.25) is 0 Å². The summed E-state index contributed by atoms with van der Waals surface area (Å²) in [5.41, 5.74) is 0.114. The summed E-state index contributed by atoms with van der Waals surface area (Å²) >= 11 is 0. The van der Waals surface area contributed by atoms with E-state index >= 15 is 0 Å². The first kappa shape index (κ1) is 12.9. The molecule has 0 unspecified atom stereocenters. The van der Waals surface area contributed by atoms with Gasteiger partial charge in [-0.1, -0.05) is 13.8 Å². The minimum Gasteiger partial charge on any atom is -0.396 e. The summed E-state index contributed by atoms with van der Waals surface area (Å²) in [6.07, 6.45) is 4.02. The topological polar surface area (TPSA) is 53.0 Å². The summed E-state index contributed by atoms with van der Waals surface area (Å²) in [5.74, 6) is 1.18. The highest BCUT2D eigenvalue weighted by Crippen LogP contribution is 2.59. The van der Waals surface area contributed by atoms with Gasteiger partial charge in [-0.15, -0.1) is 0 Å². The fraction of sp³-hybridized carbons (Fsp3) is 1.00. The molecule has 0 spiro atoms. The first-order valence-electron chi connectivity index (χ1n) is 7.34. The van der Waals surface area contributed by atoms with Gasteiger partial charge in [-0.2, -0.15) is 0 Å². The number of rotatable bonds is 1. The number of epoxide rings is 1. The van der Waals surface area contributed by atoms with Gasteiger partial charge >= 0.3 is 0 Å². The van der Waals surface area contributed by atoms with Gasteiger partial charge in [-0.3, -0.25) is 0 Å². The van der Waals surface area contributed by atoms with Crippen LogP contribution in [0.25, 0.3) is 0 Å². The Bertz CT molecular complexity index is 341. The Balaban J connectivity index is 1.83. The van der Waals surface area contributed by atoms with Crippen LogP contribution in [0.15, 0.2) is 0 Å². The lowest BCUT2D eigenvalue weighted by molar-refractivity contribution is -0.130. The van der Waals surface area contributed by atoms with Crippen LogP contribution in [-0.4, -0.2) is 34.6 Å². The number of aliphatic hydroxyl groups is 2. The Labute approximate surface area is 110 Å². The van der Waals surface area contributed by atoms with Gasteiger partial charge in [0.15, 0.2) is 0 Å². The van der Waals surface area contributed by atoms with Crippen LogP contribution in [0.3, 0.4) is 0 Å². The molecule has 1 saturated heterocycles. The van der Waals surface area contributed by atoms with E-state index in [4.69, 9.17) is 4.74 Å². The average molecular weight is 254 g/mol. The van der Waals surface area contributed by atoms with Crippen molar-refractivity contribution < 1.29 is 14.9 Å². The average Bonchev–Trinajstić information content (AvgIpc) is 2.86. The second kappa shape index (κ2) is 3.94. The van der Waals surface area contributed by atoms with Gasteiger partial charge in [-0.25, -0.2) is 0 Å². The van der Waals surface area contributed by atoms with Crippen molar-refractivity contribution in [2.24, 2.45) is 23.2 Å². The molecule has 2 saturated carbocycles. The molecule has 0 bridgehead atoms. The minimum absolute atomic E-state index is 0.0972. The Morgan fingerprint density at radius 2 is 1.89 bits per heavy atom. The summed E-state index contributed by atoms with van der Waals surface area (Å²) in [6, 6.07) is 0. The largest absolute Gasteiger partial charge is 0.396 e. The third-order valence-corrected chi connectivity index (χ3v) is 5.83. The molecule has 3 aliphatic rings. The molecule has 2 N–H and O–H groups in total. The number of ether oxygens (including phenoxy) is 1. The number of hydrogen-bond donors (Lipinski definition) is 2. The van der Waals surface area contributed by atoms with Crippen molar-refractivity contribution in [2.75, 3.05) is 6.61 Å². The first-order valence-corrected chi connectivity index (χ1v) is 7.34. The monoisotopic (exact) mass is 254 g/mol. The molecule has 104 valence electrons. The molecule has 3 fully saturated rings. The summed E-state index contributed by atoms with van der Waals surface area (Å²) < 4.78 is 5.78. The zero-order valence-electron chi connectivity index (χ0n) is 11.7. The van der Waals surface area contributed by atoms with Crippen molar-refractivity contribution in [1.29, 1.82) is 0 Å². The van der Waals surface area contributed by atoms with Crippen molar-refractivity contribution >= 4 is 0 Å². The lowest BCUT2D eigenvalue weighted by atomic mass is 9.50. The molecule has 3 rings (SSSR count). The summed E-state index contributed by atoms with van der Waals surface area (Å²) in [5, 5.41) is 20.2. The van der Waals surface area contributed by atoms with Gasteiger partial charge < -0.3 is 14.9 Å². The second-order valence-electron chi connectivity index (χ2n) is 7.59. The Morgan fingerprint density at radius 1 is 1.17 bits per heavy atom. The molecule has 3 heteroatoms. The maximum Gasteiger partial charge on any atom is 0.0945 e. The maximum absolute atomic E-state index is 10.6. The Kier molecular flexibility index (Phi) is 2.82. The standard InChI is InChI=1S/C15H26O3/c1-14(2)6-10-9(8-16)4-5-12-15(3,18-12)7-11(17)13(10)14/h9-13,16-17H,4-8H2,1-3H3/t9-,10-,11+,12-,13+,15-/m1/s1. The van der Waals surface area contributed by atoms with Gasteiger partial charge in [0, 0.05) is 13.0 Å². The Morgan fingerprint density at radius 3 is 2.50 bits per heavy atom. The molecule has 0 radical (unpaired) electrons. The van der Waals surface area contributed by atoms with Crippen LogP contribution >= 0.6 is 0 Å². The van der Waals surface area contributed by atoms with Crippen molar-refractivity contribution in [3.8, 4) is 0 Å². The molecule has 0 aromatic carbocycles. The molecule has 6 atom stereocenters. The first-order chi connectivity index (χ1) is 8.37. The van der Waals surface area contributed by atoms with Crippen LogP contribution in [0.5, 0.6) is 0 Å². The van der Waals surface area contributed by atoms with E-state index in [2.05, 4.69) is 20.8 Å². The third kappa shape index (κ3) is 1.83. The van der Waals surface area contributed by atoms with Crippen molar-refractivity contribution in [3.05, 3.63) is 0 Å². The molecule has 3 nitrogen and oxygen atoms in total. The van der Waals surface area contributed by atoms with Gasteiger partial charge in [0.1, 0.15) is 0 Å². The van der Waals surface area contributed by atoms with Crippen LogP contribution in [0.1, 0.15) is 46.5 Å². The van der Waals surface area contributed by atoms with Gasteiger partial charge in [-0.05, 0) is 49.4 Å². The number of fused-ring (bicyclic) bond motifs is 2. The van der Waals surface area contributed by atoms with Crippen LogP contribution in [0, 0.1) is 23.2 Å². The molecule has 1 heterocycles. The van der Waals surface area contributed by atoms with E-state index in [1.165, 1.54) is 0 Å². The molecule has 0 amide bonds. The highest BCUT2D eigenvalue weighted by Gasteiger charge is 2.60. The van der Waals surface area contributed by atoms with Gasteiger partial charge in [0.25, 0.3) is 0 Å². The predicted molar refractivity (Wildman–Crippen MR) is 69.1 cm³/mol. The van der Waals surface area contributed by atoms with E-state index in [0.29, 0.717) is 23.9 Å². The summed E-state index contributed by atoms with van der Waals surface area (Å²) in [7, 11) is 0. The number of aliphatic hydroxyl groups excluding tert-OH is 2. The van der Waals surface area contributed by atoms with Crippen molar-refractivity contribution in [2.45, 2.75) is 64.3 Å². The van der Waals surface area contributed by atoms with Crippen LogP contribution in [0.4, 0.5) is 0 Å². The maximum atomic E-state index is 10.6. The van der Waals surface area contributed by atoms with E-state index in [1.807, 2.05) is 0 Å². The van der Waals surface area contributed by atoms with Crippen molar-refractivity contribution in [1.82, 2.24) is 0 Å². The normalized spacial score (nSPS) is 54.2. The molecule has 0 aromatic rings. The molecular weight excluding hydrogens is 228 g/mol. The summed E-state index contributed by atoms with van der Waals surface area (Å²) in [4.78, 5) is 0. The highest BCUT2D eigenvalue weighted by molar-refractivity contribution is 5.08. The zero-order chi connectivity index (χ0) is 13.1. The number of hydrogen-bond acceptors (Lipinski definition) is 3. The molecular formula is C15H26O3. The SMILES string of the molecule is CC1(C)C[C@@H]2[C@@H](CO)CC[C@H]3O[C@]3(C)C[C@H](O)[C@H]21. The van der Waals surface area contributed by atoms with E-state index in [1.54, 1.807) is 0 Å². The zero-order valence-corrected chi connectivity index (χ0v) is 11.7. The minimum atomic E-state index is -0.277. The predicted octanol–water partition coefficient (Wildman–Crippen LogP) is 1.96. The van der Waals surface area contributed by atoms with Gasteiger partial charge in [0.05, 0.1) is 17.8 Å². The lowest BCUT2D eigenvalue weighted by Gasteiger charge is -2.56. The lowest BCUT2D eigenvalue weighted by Crippen LogP contribution is -2.54. The molecule has 0 aromatic heterocycles. The van der Waals surface area contributed by atoms with E-state index in [9.17, 15) is 10.2 Å². The van der Waals surface area contributed by atoms with Crippen LogP contribution < -0.4 is 0 Å². The highest BCUT2D eigenvalue weighted by atomic mass is 16.6.